The predicted molar refractivity (Wildman–Crippen MR) is 115 cm³/mol. The lowest BCUT2D eigenvalue weighted by molar-refractivity contribution is -0.124. The van der Waals surface area contributed by atoms with Crippen LogP contribution in [0.1, 0.15) is 43.6 Å². The molecular weight excluding hydrogens is 366 g/mol. The molecule has 0 heterocycles. The topological polar surface area (TPSA) is 78.5 Å². The number of nitrogens with zero attached hydrogens (tertiary/aromatic N) is 1. The van der Waals surface area contributed by atoms with Crippen molar-refractivity contribution in [1.29, 1.82) is 0 Å². The van der Waals surface area contributed by atoms with E-state index in [9.17, 15) is 14.4 Å². The summed E-state index contributed by atoms with van der Waals surface area (Å²) in [4.78, 5) is 39.2. The average Bonchev–Trinajstić information content (AvgIpc) is 2.66. The summed E-state index contributed by atoms with van der Waals surface area (Å²) in [5.74, 6) is -0.561. The minimum atomic E-state index is -0.324. The largest absolute Gasteiger partial charge is 0.350 e. The van der Waals surface area contributed by atoms with Gasteiger partial charge in [0.25, 0.3) is 0 Å². The number of hydrogen-bond acceptors (Lipinski definition) is 4. The van der Waals surface area contributed by atoms with Gasteiger partial charge in [-0.3, -0.25) is 19.3 Å². The molecule has 2 N–H and O–H groups in total. The van der Waals surface area contributed by atoms with E-state index in [0.29, 0.717) is 23.4 Å². The van der Waals surface area contributed by atoms with Gasteiger partial charge in [-0.25, -0.2) is 0 Å². The van der Waals surface area contributed by atoms with Crippen LogP contribution in [-0.4, -0.2) is 47.7 Å². The first-order valence-electron chi connectivity index (χ1n) is 9.71. The molecule has 2 aromatic rings. The highest BCUT2D eigenvalue weighted by Gasteiger charge is 2.19. The second kappa shape index (κ2) is 9.98. The van der Waals surface area contributed by atoms with Crippen LogP contribution in [0.4, 0.5) is 5.69 Å². The van der Waals surface area contributed by atoms with Crippen LogP contribution < -0.4 is 10.6 Å². The van der Waals surface area contributed by atoms with E-state index in [-0.39, 0.29) is 36.2 Å². The molecule has 0 bridgehead atoms. The average molecular weight is 396 g/mol. The third-order valence-corrected chi connectivity index (χ3v) is 4.18. The van der Waals surface area contributed by atoms with Gasteiger partial charge in [-0.2, -0.15) is 0 Å². The number of hydrogen-bond donors (Lipinski definition) is 2. The number of benzene rings is 2. The molecule has 0 radical (unpaired) electrons. The second-order valence-corrected chi connectivity index (χ2v) is 7.89. The molecule has 0 saturated heterocycles. The van der Waals surface area contributed by atoms with Gasteiger partial charge in [-0.15, -0.1) is 0 Å². The minimum Gasteiger partial charge on any atom is -0.350 e. The Balaban J connectivity index is 2.05. The number of para-hydroxylation sites is 1. The van der Waals surface area contributed by atoms with Gasteiger partial charge in [-0.05, 0) is 39.4 Å². The number of likely N-dealkylation sites (N-methyl/N-ethyl adjacent to an activating group) is 1. The molecule has 0 aliphatic rings. The van der Waals surface area contributed by atoms with Crippen LogP contribution in [0.15, 0.2) is 54.6 Å². The Kier molecular flexibility index (Phi) is 7.67. The highest BCUT2D eigenvalue weighted by molar-refractivity contribution is 6.13. The normalized spacial score (nSPS) is 11.2. The van der Waals surface area contributed by atoms with Crippen LogP contribution in [0.5, 0.6) is 0 Å². The molecule has 2 rings (SSSR count). The molecule has 6 nitrogen and oxygen atoms in total. The van der Waals surface area contributed by atoms with Gasteiger partial charge >= 0.3 is 0 Å². The lowest BCUT2D eigenvalue weighted by Crippen LogP contribution is -2.47. The number of carbonyl (C=O) groups is 3. The van der Waals surface area contributed by atoms with Crippen LogP contribution in [0, 0.1) is 0 Å². The fourth-order valence-electron chi connectivity index (χ4n) is 2.87. The molecule has 0 aliphatic carbocycles. The van der Waals surface area contributed by atoms with Crippen molar-refractivity contribution in [3.8, 4) is 0 Å². The van der Waals surface area contributed by atoms with Gasteiger partial charge in [0.2, 0.25) is 11.8 Å². The molecule has 0 aromatic heterocycles. The molecule has 0 aliphatic heterocycles. The third kappa shape index (κ3) is 7.16. The van der Waals surface area contributed by atoms with Gasteiger partial charge in [0.15, 0.2) is 5.78 Å². The molecule has 29 heavy (non-hydrogen) atoms. The smallest absolute Gasteiger partial charge is 0.238 e. The monoisotopic (exact) mass is 395 g/mol. The first-order chi connectivity index (χ1) is 13.7. The fraction of sp³-hybridized carbons (Fsp3) is 0.348. The second-order valence-electron chi connectivity index (χ2n) is 7.89. The SMILES string of the molecule is CCN(CC(=O)Nc1ccccc1C(=O)c1ccccc1)CC(=O)NC(C)(C)C. The first-order valence-corrected chi connectivity index (χ1v) is 9.71. The van der Waals surface area contributed by atoms with E-state index < -0.39 is 0 Å². The third-order valence-electron chi connectivity index (χ3n) is 4.18. The predicted octanol–water partition coefficient (Wildman–Crippen LogP) is 3.09. The van der Waals surface area contributed by atoms with Crippen LogP contribution >= 0.6 is 0 Å². The maximum absolute atomic E-state index is 12.8. The van der Waals surface area contributed by atoms with E-state index in [2.05, 4.69) is 10.6 Å². The summed E-state index contributed by atoms with van der Waals surface area (Å²) in [5.41, 5.74) is 1.13. The van der Waals surface area contributed by atoms with Gasteiger partial charge in [0.1, 0.15) is 0 Å². The molecule has 0 unspecified atom stereocenters. The number of amides is 2. The number of rotatable bonds is 8. The van der Waals surface area contributed by atoms with Crippen molar-refractivity contribution in [3.63, 3.8) is 0 Å². The molecule has 0 saturated carbocycles. The molecule has 6 heteroatoms. The Morgan fingerprint density at radius 1 is 0.862 bits per heavy atom. The van der Waals surface area contributed by atoms with Crippen molar-refractivity contribution >= 4 is 23.3 Å². The highest BCUT2D eigenvalue weighted by Crippen LogP contribution is 2.19. The zero-order valence-corrected chi connectivity index (χ0v) is 17.5. The van der Waals surface area contributed by atoms with E-state index in [1.807, 2.05) is 33.8 Å². The molecule has 2 aromatic carbocycles. The zero-order valence-electron chi connectivity index (χ0n) is 17.5. The molecule has 0 fully saturated rings. The first kappa shape index (κ1) is 22.3. The number of nitrogens with one attached hydrogen (secondary N) is 2. The van der Waals surface area contributed by atoms with Gasteiger partial charge < -0.3 is 10.6 Å². The van der Waals surface area contributed by atoms with E-state index >= 15 is 0 Å². The maximum Gasteiger partial charge on any atom is 0.238 e. The van der Waals surface area contributed by atoms with E-state index in [4.69, 9.17) is 0 Å². The van der Waals surface area contributed by atoms with E-state index in [1.165, 1.54) is 0 Å². The standard InChI is InChI=1S/C23H29N3O3/c1-5-26(16-21(28)25-23(2,3)4)15-20(27)24-19-14-10-9-13-18(19)22(29)17-11-7-6-8-12-17/h6-14H,5,15-16H2,1-4H3,(H,24,27)(H,25,28). The Bertz CT molecular complexity index is 857. The number of ketones is 1. The molecule has 0 spiro atoms. The summed E-state index contributed by atoms with van der Waals surface area (Å²) in [6, 6.07) is 15.9. The van der Waals surface area contributed by atoms with Gasteiger partial charge in [-0.1, -0.05) is 49.4 Å². The van der Waals surface area contributed by atoms with Crippen molar-refractivity contribution in [1.82, 2.24) is 10.2 Å². The number of carbonyl (C=O) groups excluding carboxylic acids is 3. The fourth-order valence-corrected chi connectivity index (χ4v) is 2.87. The van der Waals surface area contributed by atoms with Crippen molar-refractivity contribution in [2.24, 2.45) is 0 Å². The maximum atomic E-state index is 12.8. The summed E-state index contributed by atoms with van der Waals surface area (Å²) < 4.78 is 0. The lowest BCUT2D eigenvalue weighted by atomic mass is 10.0. The Hall–Kier alpha value is -2.99. The summed E-state index contributed by atoms with van der Waals surface area (Å²) in [7, 11) is 0. The molecule has 0 atom stereocenters. The Morgan fingerprint density at radius 2 is 1.45 bits per heavy atom. The highest BCUT2D eigenvalue weighted by atomic mass is 16.2. The van der Waals surface area contributed by atoms with Crippen LogP contribution in [0.3, 0.4) is 0 Å². The molecular formula is C23H29N3O3. The summed E-state index contributed by atoms with van der Waals surface area (Å²) in [5, 5.41) is 5.71. The quantitative estimate of drug-likeness (QED) is 0.673. The van der Waals surface area contributed by atoms with Crippen LogP contribution in [-0.2, 0) is 9.59 Å². The van der Waals surface area contributed by atoms with Crippen molar-refractivity contribution in [3.05, 3.63) is 65.7 Å². The van der Waals surface area contributed by atoms with Crippen molar-refractivity contribution < 1.29 is 14.4 Å². The summed E-state index contributed by atoms with van der Waals surface area (Å²) >= 11 is 0. The molecule has 154 valence electrons. The van der Waals surface area contributed by atoms with Crippen LogP contribution in [0.25, 0.3) is 0 Å². The summed E-state index contributed by atoms with van der Waals surface area (Å²) in [6.07, 6.45) is 0. The van der Waals surface area contributed by atoms with E-state index in [0.717, 1.165) is 0 Å². The minimum absolute atomic E-state index is 0.0575. The van der Waals surface area contributed by atoms with Gasteiger partial charge in [0, 0.05) is 16.7 Å². The summed E-state index contributed by atoms with van der Waals surface area (Å²) in [6.45, 7) is 8.37. The Labute approximate surface area is 172 Å². The zero-order chi connectivity index (χ0) is 21.4. The Morgan fingerprint density at radius 3 is 2.07 bits per heavy atom. The molecule has 2 amide bonds. The lowest BCUT2D eigenvalue weighted by Gasteiger charge is -2.24. The van der Waals surface area contributed by atoms with Crippen molar-refractivity contribution in [2.75, 3.05) is 25.0 Å². The van der Waals surface area contributed by atoms with Gasteiger partial charge in [0.05, 0.1) is 18.8 Å². The van der Waals surface area contributed by atoms with Crippen LogP contribution in [0.2, 0.25) is 0 Å². The van der Waals surface area contributed by atoms with Crippen molar-refractivity contribution in [2.45, 2.75) is 33.2 Å². The number of anilines is 1. The van der Waals surface area contributed by atoms with E-state index in [1.54, 1.807) is 53.4 Å².